The number of hydrogen-bond donors (Lipinski definition) is 3. The molecule has 3 aromatic rings. The second kappa shape index (κ2) is 8.05. The number of H-pyrrole nitrogens is 1. The number of anilines is 2. The molecular weight excluding hydrogens is 316 g/mol. The smallest absolute Gasteiger partial charge is 0.255 e. The van der Waals surface area contributed by atoms with Crippen LogP contribution >= 0.6 is 0 Å². The minimum absolute atomic E-state index is 0.161. The van der Waals surface area contributed by atoms with E-state index in [9.17, 15) is 4.79 Å². The third-order valence-electron chi connectivity index (χ3n) is 3.75. The minimum atomic E-state index is -0.161. The van der Waals surface area contributed by atoms with Gasteiger partial charge in [0.25, 0.3) is 5.91 Å². The van der Waals surface area contributed by atoms with Gasteiger partial charge in [0, 0.05) is 29.0 Å². The molecule has 0 saturated carbocycles. The number of benzene rings is 2. The SMILES string of the molecule is CCCCNc1ccc(NC(=O)c2ccc(-c3nn[nH]n3)cc2)cc1. The molecule has 0 bridgehead atoms. The minimum Gasteiger partial charge on any atom is -0.385 e. The second-order valence-electron chi connectivity index (χ2n) is 5.62. The molecule has 3 rings (SSSR count). The molecule has 128 valence electrons. The van der Waals surface area contributed by atoms with Crippen molar-refractivity contribution < 1.29 is 4.79 Å². The van der Waals surface area contributed by atoms with Crippen LogP contribution < -0.4 is 10.6 Å². The molecule has 0 saturated heterocycles. The summed E-state index contributed by atoms with van der Waals surface area (Å²) in [6.45, 7) is 3.12. The van der Waals surface area contributed by atoms with E-state index in [1.54, 1.807) is 24.3 Å². The van der Waals surface area contributed by atoms with Crippen LogP contribution in [0.25, 0.3) is 11.4 Å². The Hall–Kier alpha value is -3.22. The van der Waals surface area contributed by atoms with Gasteiger partial charge in [-0.15, -0.1) is 10.2 Å². The standard InChI is InChI=1S/C18H20N6O/c1-2-3-12-19-15-8-10-16(11-9-15)20-18(25)14-6-4-13(5-7-14)17-21-23-24-22-17/h4-11,19H,2-3,12H2,1H3,(H,20,25)(H,21,22,23,24). The lowest BCUT2D eigenvalue weighted by atomic mass is 10.1. The summed E-state index contributed by atoms with van der Waals surface area (Å²) in [5.74, 6) is 0.337. The van der Waals surface area contributed by atoms with Crippen LogP contribution in [0.2, 0.25) is 0 Å². The number of carbonyl (C=O) groups is 1. The van der Waals surface area contributed by atoms with Crippen molar-refractivity contribution in [2.75, 3.05) is 17.2 Å². The van der Waals surface area contributed by atoms with Gasteiger partial charge >= 0.3 is 0 Å². The Morgan fingerprint density at radius 2 is 1.76 bits per heavy atom. The van der Waals surface area contributed by atoms with Crippen LogP contribution in [0.1, 0.15) is 30.1 Å². The quantitative estimate of drug-likeness (QED) is 0.575. The summed E-state index contributed by atoms with van der Waals surface area (Å²) in [5.41, 5.74) is 3.18. The molecule has 1 heterocycles. The number of rotatable bonds is 7. The molecule has 1 aromatic heterocycles. The fourth-order valence-corrected chi connectivity index (χ4v) is 2.34. The molecule has 2 aromatic carbocycles. The van der Waals surface area contributed by atoms with Gasteiger partial charge in [-0.2, -0.15) is 5.21 Å². The van der Waals surface area contributed by atoms with Crippen molar-refractivity contribution in [2.45, 2.75) is 19.8 Å². The number of hydrogen-bond acceptors (Lipinski definition) is 5. The van der Waals surface area contributed by atoms with E-state index in [4.69, 9.17) is 0 Å². The van der Waals surface area contributed by atoms with Crippen molar-refractivity contribution in [1.29, 1.82) is 0 Å². The lowest BCUT2D eigenvalue weighted by Crippen LogP contribution is -2.11. The largest absolute Gasteiger partial charge is 0.385 e. The van der Waals surface area contributed by atoms with Gasteiger partial charge in [0.15, 0.2) is 0 Å². The van der Waals surface area contributed by atoms with E-state index in [-0.39, 0.29) is 5.91 Å². The van der Waals surface area contributed by atoms with E-state index < -0.39 is 0 Å². The topological polar surface area (TPSA) is 95.6 Å². The number of unbranched alkanes of at least 4 members (excludes halogenated alkanes) is 1. The molecule has 0 aliphatic carbocycles. The predicted octanol–water partition coefficient (Wildman–Crippen LogP) is 3.33. The highest BCUT2D eigenvalue weighted by atomic mass is 16.1. The number of aromatic nitrogens is 4. The number of nitrogens with zero attached hydrogens (tertiary/aromatic N) is 3. The Kier molecular flexibility index (Phi) is 5.36. The highest BCUT2D eigenvalue weighted by molar-refractivity contribution is 6.04. The normalized spacial score (nSPS) is 10.4. The zero-order chi connectivity index (χ0) is 17.5. The fourth-order valence-electron chi connectivity index (χ4n) is 2.34. The molecule has 0 spiro atoms. The zero-order valence-corrected chi connectivity index (χ0v) is 14.0. The number of nitrogens with one attached hydrogen (secondary N) is 3. The van der Waals surface area contributed by atoms with Crippen LogP contribution in [0.4, 0.5) is 11.4 Å². The van der Waals surface area contributed by atoms with Crippen LogP contribution in [-0.2, 0) is 0 Å². The van der Waals surface area contributed by atoms with Crippen molar-refractivity contribution >= 4 is 17.3 Å². The van der Waals surface area contributed by atoms with Crippen molar-refractivity contribution in [3.8, 4) is 11.4 Å². The maximum Gasteiger partial charge on any atom is 0.255 e. The molecule has 0 atom stereocenters. The molecule has 0 unspecified atom stereocenters. The van der Waals surface area contributed by atoms with Crippen molar-refractivity contribution in [1.82, 2.24) is 20.6 Å². The summed E-state index contributed by atoms with van der Waals surface area (Å²) in [5, 5.41) is 20.0. The number of aromatic amines is 1. The van der Waals surface area contributed by atoms with E-state index in [1.165, 1.54) is 0 Å². The Balaban J connectivity index is 1.60. The van der Waals surface area contributed by atoms with E-state index >= 15 is 0 Å². The van der Waals surface area contributed by atoms with Crippen LogP contribution in [0.3, 0.4) is 0 Å². The summed E-state index contributed by atoms with van der Waals surface area (Å²) in [6.07, 6.45) is 2.30. The summed E-state index contributed by atoms with van der Waals surface area (Å²) in [7, 11) is 0. The first-order valence-electron chi connectivity index (χ1n) is 8.25. The number of amides is 1. The van der Waals surface area contributed by atoms with Gasteiger partial charge in [-0.05, 0) is 48.0 Å². The highest BCUT2D eigenvalue weighted by Gasteiger charge is 2.08. The summed E-state index contributed by atoms with van der Waals surface area (Å²) in [4.78, 5) is 12.3. The van der Waals surface area contributed by atoms with Gasteiger partial charge in [0.2, 0.25) is 5.82 Å². The monoisotopic (exact) mass is 336 g/mol. The fraction of sp³-hybridized carbons (Fsp3) is 0.222. The molecule has 1 amide bonds. The first-order chi connectivity index (χ1) is 12.3. The Bertz CT molecular complexity index is 797. The first-order valence-corrected chi connectivity index (χ1v) is 8.25. The molecule has 0 aliphatic rings. The van der Waals surface area contributed by atoms with Gasteiger partial charge in [0.05, 0.1) is 0 Å². The molecule has 7 heteroatoms. The highest BCUT2D eigenvalue weighted by Crippen LogP contribution is 2.17. The van der Waals surface area contributed by atoms with E-state index in [0.29, 0.717) is 11.4 Å². The molecule has 0 radical (unpaired) electrons. The van der Waals surface area contributed by atoms with Crippen LogP contribution in [0.15, 0.2) is 48.5 Å². The average molecular weight is 336 g/mol. The maximum atomic E-state index is 12.3. The van der Waals surface area contributed by atoms with Crippen molar-refractivity contribution in [3.63, 3.8) is 0 Å². The van der Waals surface area contributed by atoms with Gasteiger partial charge < -0.3 is 10.6 Å². The Morgan fingerprint density at radius 1 is 1.04 bits per heavy atom. The average Bonchev–Trinajstić information content (AvgIpc) is 3.18. The van der Waals surface area contributed by atoms with Crippen molar-refractivity contribution in [2.24, 2.45) is 0 Å². The number of tetrazole rings is 1. The van der Waals surface area contributed by atoms with Gasteiger partial charge in [-0.1, -0.05) is 25.5 Å². The summed E-state index contributed by atoms with van der Waals surface area (Å²) < 4.78 is 0. The lowest BCUT2D eigenvalue weighted by Gasteiger charge is -2.08. The third kappa shape index (κ3) is 4.41. The molecule has 7 nitrogen and oxygen atoms in total. The first kappa shape index (κ1) is 16.6. The molecule has 0 fully saturated rings. The zero-order valence-electron chi connectivity index (χ0n) is 14.0. The Morgan fingerprint density at radius 3 is 2.40 bits per heavy atom. The van der Waals surface area contributed by atoms with E-state index in [1.807, 2.05) is 24.3 Å². The molecule has 3 N–H and O–H groups in total. The maximum absolute atomic E-state index is 12.3. The molecule has 25 heavy (non-hydrogen) atoms. The van der Waals surface area contributed by atoms with Crippen molar-refractivity contribution in [3.05, 3.63) is 54.1 Å². The summed E-state index contributed by atoms with van der Waals surface area (Å²) >= 11 is 0. The van der Waals surface area contributed by atoms with Gasteiger partial charge in [0.1, 0.15) is 0 Å². The van der Waals surface area contributed by atoms with E-state index in [0.717, 1.165) is 36.3 Å². The van der Waals surface area contributed by atoms with Crippen LogP contribution in [0, 0.1) is 0 Å². The van der Waals surface area contributed by atoms with Gasteiger partial charge in [-0.3, -0.25) is 4.79 Å². The van der Waals surface area contributed by atoms with Crippen LogP contribution in [0.5, 0.6) is 0 Å². The summed E-state index contributed by atoms with van der Waals surface area (Å²) in [6, 6.07) is 14.8. The second-order valence-corrected chi connectivity index (χ2v) is 5.62. The molecule has 0 aliphatic heterocycles. The van der Waals surface area contributed by atoms with E-state index in [2.05, 4.69) is 38.2 Å². The Labute approximate surface area is 145 Å². The third-order valence-corrected chi connectivity index (χ3v) is 3.75. The number of carbonyl (C=O) groups excluding carboxylic acids is 1. The predicted molar refractivity (Wildman–Crippen MR) is 97.4 cm³/mol. The van der Waals surface area contributed by atoms with Gasteiger partial charge in [-0.25, -0.2) is 0 Å². The van der Waals surface area contributed by atoms with Crippen LogP contribution in [-0.4, -0.2) is 33.1 Å². The molecular formula is C18H20N6O. The lowest BCUT2D eigenvalue weighted by molar-refractivity contribution is 0.102.